The van der Waals surface area contributed by atoms with E-state index < -0.39 is 0 Å². The lowest BCUT2D eigenvalue weighted by Gasteiger charge is -2.12. The summed E-state index contributed by atoms with van der Waals surface area (Å²) in [5.41, 5.74) is 2.75. The Kier molecular flexibility index (Phi) is 4.20. The average molecular weight is 352 g/mol. The second-order valence-electron chi connectivity index (χ2n) is 6.21. The van der Waals surface area contributed by atoms with Crippen LogP contribution in [0.5, 0.6) is 11.6 Å². The molecule has 0 aromatic carbocycles. The van der Waals surface area contributed by atoms with Crippen LogP contribution >= 0.6 is 0 Å². The minimum absolute atomic E-state index is 0.274. The first kappa shape index (κ1) is 16.4. The third-order valence-corrected chi connectivity index (χ3v) is 4.28. The molecule has 1 amide bonds. The van der Waals surface area contributed by atoms with Crippen LogP contribution in [-0.4, -0.2) is 34.0 Å². The number of fused-ring (bicyclic) bond motifs is 1. The van der Waals surface area contributed by atoms with Crippen LogP contribution in [0, 0.1) is 0 Å². The summed E-state index contributed by atoms with van der Waals surface area (Å²) in [6.45, 7) is 2.40. The third-order valence-electron chi connectivity index (χ3n) is 4.28. The van der Waals surface area contributed by atoms with Crippen LogP contribution in [0.2, 0.25) is 0 Å². The molecule has 0 bridgehead atoms. The minimum Gasteiger partial charge on any atom is -0.491 e. The number of amides is 1. The molecule has 1 saturated carbocycles. The number of methoxy groups -OCH3 is 1. The number of hydrogen-bond acceptors (Lipinski definition) is 5. The highest BCUT2D eigenvalue weighted by Gasteiger charge is 2.26. The van der Waals surface area contributed by atoms with Gasteiger partial charge in [-0.3, -0.25) is 4.79 Å². The zero-order chi connectivity index (χ0) is 18.1. The van der Waals surface area contributed by atoms with Gasteiger partial charge in [0.25, 0.3) is 5.91 Å². The summed E-state index contributed by atoms with van der Waals surface area (Å²) in [5, 5.41) is 2.88. The molecule has 0 unspecified atom stereocenters. The van der Waals surface area contributed by atoms with Crippen LogP contribution in [0.3, 0.4) is 0 Å². The number of nitrogens with zero attached hydrogens (tertiary/aromatic N) is 3. The molecule has 0 aliphatic heterocycles. The number of hydrogen-bond donors (Lipinski definition) is 1. The third kappa shape index (κ3) is 3.20. The Balaban J connectivity index is 1.66. The topological polar surface area (TPSA) is 77.8 Å². The van der Waals surface area contributed by atoms with Gasteiger partial charge in [0.05, 0.1) is 19.4 Å². The van der Waals surface area contributed by atoms with Gasteiger partial charge in [0.2, 0.25) is 5.88 Å². The molecule has 0 atom stereocenters. The zero-order valence-electron chi connectivity index (χ0n) is 14.7. The molecule has 134 valence electrons. The Morgan fingerprint density at radius 2 is 2.15 bits per heavy atom. The Bertz CT molecular complexity index is 963. The van der Waals surface area contributed by atoms with Crippen molar-refractivity contribution in [3.05, 3.63) is 48.0 Å². The first-order valence-corrected chi connectivity index (χ1v) is 8.65. The molecule has 0 spiro atoms. The fraction of sp³-hybridized carbons (Fsp3) is 0.316. The Morgan fingerprint density at radius 3 is 2.88 bits per heavy atom. The molecule has 1 N–H and O–H groups in total. The van der Waals surface area contributed by atoms with Crippen LogP contribution in [0.4, 0.5) is 5.69 Å². The summed E-state index contributed by atoms with van der Waals surface area (Å²) in [6.07, 6.45) is 6.22. The smallest absolute Gasteiger partial charge is 0.274 e. The van der Waals surface area contributed by atoms with E-state index in [4.69, 9.17) is 9.47 Å². The highest BCUT2D eigenvalue weighted by atomic mass is 16.5. The summed E-state index contributed by atoms with van der Waals surface area (Å²) in [4.78, 5) is 21.4. The van der Waals surface area contributed by atoms with Gasteiger partial charge in [-0.05, 0) is 25.8 Å². The lowest BCUT2D eigenvalue weighted by Crippen LogP contribution is -2.15. The van der Waals surface area contributed by atoms with Gasteiger partial charge in [-0.15, -0.1) is 0 Å². The van der Waals surface area contributed by atoms with E-state index in [1.165, 1.54) is 20.0 Å². The summed E-state index contributed by atoms with van der Waals surface area (Å²) in [5.74, 6) is 1.21. The van der Waals surface area contributed by atoms with Crippen molar-refractivity contribution in [2.45, 2.75) is 25.7 Å². The van der Waals surface area contributed by atoms with Crippen molar-refractivity contribution in [1.82, 2.24) is 14.4 Å². The first-order chi connectivity index (χ1) is 12.7. The molecule has 7 nitrogen and oxygen atoms in total. The fourth-order valence-corrected chi connectivity index (χ4v) is 2.82. The molecule has 4 rings (SSSR count). The molecule has 1 fully saturated rings. The molecule has 0 radical (unpaired) electrons. The van der Waals surface area contributed by atoms with Gasteiger partial charge in [-0.2, -0.15) is 0 Å². The standard InChI is InChI=1S/C19H20N4O3/c1-3-26-16-9-17-20-14(12-7-8-12)10-23(17)11-15(16)22-19(24)13-5-4-6-18(21-13)25-2/h4-6,9-12H,3,7-8H2,1-2H3,(H,22,24). The second kappa shape index (κ2) is 6.67. The van der Waals surface area contributed by atoms with E-state index in [1.807, 2.05) is 29.8 Å². The Hall–Kier alpha value is -3.09. The monoisotopic (exact) mass is 352 g/mol. The number of anilines is 1. The van der Waals surface area contributed by atoms with Crippen LogP contribution in [0.1, 0.15) is 41.9 Å². The molecule has 7 heteroatoms. The number of carbonyl (C=O) groups excluding carboxylic acids is 1. The lowest BCUT2D eigenvalue weighted by atomic mass is 10.3. The molecule has 1 aliphatic carbocycles. The fourth-order valence-electron chi connectivity index (χ4n) is 2.82. The predicted octanol–water partition coefficient (Wildman–Crippen LogP) is 3.27. The zero-order valence-corrected chi connectivity index (χ0v) is 14.7. The molecule has 26 heavy (non-hydrogen) atoms. The maximum absolute atomic E-state index is 12.6. The quantitative estimate of drug-likeness (QED) is 0.737. The molecular weight excluding hydrogens is 332 g/mol. The highest BCUT2D eigenvalue weighted by Crippen LogP contribution is 2.40. The number of pyridine rings is 2. The van der Waals surface area contributed by atoms with E-state index in [0.717, 1.165) is 11.3 Å². The van der Waals surface area contributed by atoms with E-state index in [-0.39, 0.29) is 11.6 Å². The minimum atomic E-state index is -0.327. The van der Waals surface area contributed by atoms with Gasteiger partial charge in [-0.25, -0.2) is 9.97 Å². The van der Waals surface area contributed by atoms with Crippen LogP contribution < -0.4 is 14.8 Å². The van der Waals surface area contributed by atoms with E-state index in [2.05, 4.69) is 15.3 Å². The maximum Gasteiger partial charge on any atom is 0.274 e. The van der Waals surface area contributed by atoms with Crippen LogP contribution in [-0.2, 0) is 0 Å². The Labute approximate surface area is 151 Å². The largest absolute Gasteiger partial charge is 0.491 e. The van der Waals surface area contributed by atoms with Gasteiger partial charge < -0.3 is 19.2 Å². The number of carbonyl (C=O) groups is 1. The van der Waals surface area contributed by atoms with Crippen molar-refractivity contribution in [2.75, 3.05) is 19.0 Å². The molecular formula is C19H20N4O3. The molecule has 0 saturated heterocycles. The van der Waals surface area contributed by atoms with Crippen molar-refractivity contribution >= 4 is 17.2 Å². The number of imidazole rings is 1. The normalized spacial score (nSPS) is 13.6. The number of rotatable bonds is 6. The summed E-state index contributed by atoms with van der Waals surface area (Å²) < 4.78 is 12.7. The van der Waals surface area contributed by atoms with E-state index in [0.29, 0.717) is 29.8 Å². The van der Waals surface area contributed by atoms with Crippen molar-refractivity contribution in [3.8, 4) is 11.6 Å². The van der Waals surface area contributed by atoms with Crippen molar-refractivity contribution in [1.29, 1.82) is 0 Å². The number of aromatic nitrogens is 3. The van der Waals surface area contributed by atoms with Crippen LogP contribution in [0.25, 0.3) is 5.65 Å². The van der Waals surface area contributed by atoms with E-state index in [1.54, 1.807) is 18.2 Å². The molecule has 3 aromatic heterocycles. The van der Waals surface area contributed by atoms with Gasteiger partial charge in [0, 0.05) is 30.4 Å². The van der Waals surface area contributed by atoms with E-state index >= 15 is 0 Å². The summed E-state index contributed by atoms with van der Waals surface area (Å²) in [6, 6.07) is 6.91. The summed E-state index contributed by atoms with van der Waals surface area (Å²) >= 11 is 0. The van der Waals surface area contributed by atoms with Crippen molar-refractivity contribution < 1.29 is 14.3 Å². The van der Waals surface area contributed by atoms with E-state index in [9.17, 15) is 4.79 Å². The van der Waals surface area contributed by atoms with Gasteiger partial charge in [0.15, 0.2) is 0 Å². The SMILES string of the molecule is CCOc1cc2nc(C3CC3)cn2cc1NC(=O)c1cccc(OC)n1. The number of nitrogens with one attached hydrogen (secondary N) is 1. The molecule has 3 heterocycles. The van der Waals surface area contributed by atoms with Gasteiger partial charge in [0.1, 0.15) is 22.8 Å². The van der Waals surface area contributed by atoms with Gasteiger partial charge in [-0.1, -0.05) is 6.07 Å². The molecule has 3 aromatic rings. The second-order valence-corrected chi connectivity index (χ2v) is 6.21. The summed E-state index contributed by atoms with van der Waals surface area (Å²) in [7, 11) is 1.52. The van der Waals surface area contributed by atoms with Crippen molar-refractivity contribution in [3.63, 3.8) is 0 Å². The van der Waals surface area contributed by atoms with Crippen molar-refractivity contribution in [2.24, 2.45) is 0 Å². The highest BCUT2D eigenvalue weighted by molar-refractivity contribution is 6.03. The first-order valence-electron chi connectivity index (χ1n) is 8.65. The Morgan fingerprint density at radius 1 is 1.31 bits per heavy atom. The maximum atomic E-state index is 12.6. The van der Waals surface area contributed by atoms with Crippen LogP contribution in [0.15, 0.2) is 36.7 Å². The average Bonchev–Trinajstić information content (AvgIpc) is 3.43. The predicted molar refractivity (Wildman–Crippen MR) is 97.1 cm³/mol. The lowest BCUT2D eigenvalue weighted by molar-refractivity contribution is 0.102. The molecule has 1 aliphatic rings. The number of ether oxygens (including phenoxy) is 2. The van der Waals surface area contributed by atoms with Gasteiger partial charge >= 0.3 is 0 Å².